The number of phenols is 2. The van der Waals surface area contributed by atoms with Crippen LogP contribution in [0.25, 0.3) is 21.5 Å². The molecule has 0 aliphatic heterocycles. The maximum Gasteiger partial charge on any atom is 0.141 e. The maximum atomic E-state index is 10.2. The Kier molecular flexibility index (Phi) is 3.39. The fraction of sp³-hybridized carbons (Fsp3) is 0. The molecule has 0 amide bonds. The Morgan fingerprint density at radius 2 is 1.33 bits per heavy atom. The summed E-state index contributed by atoms with van der Waals surface area (Å²) in [5.41, 5.74) is 1.11. The molecule has 4 aromatic rings. The van der Waals surface area contributed by atoms with Gasteiger partial charge in [0.25, 0.3) is 0 Å². The molecule has 0 unspecified atom stereocenters. The highest BCUT2D eigenvalue weighted by atomic mass is 16.3. The van der Waals surface area contributed by atoms with Crippen molar-refractivity contribution >= 4 is 33.4 Å². The van der Waals surface area contributed by atoms with Gasteiger partial charge < -0.3 is 10.2 Å². The topological polar surface area (TPSA) is 52.8 Å². The van der Waals surface area contributed by atoms with Crippen LogP contribution in [0.4, 0.5) is 5.69 Å². The summed E-state index contributed by atoms with van der Waals surface area (Å²) < 4.78 is 0. The van der Waals surface area contributed by atoms with E-state index in [0.717, 1.165) is 21.5 Å². The van der Waals surface area contributed by atoms with Gasteiger partial charge in [-0.2, -0.15) is 0 Å². The molecule has 4 aromatic carbocycles. The molecule has 0 fully saturated rings. The quantitative estimate of drug-likeness (QED) is 0.502. The molecule has 4 rings (SSSR count). The van der Waals surface area contributed by atoms with Crippen LogP contribution in [0, 0.1) is 0 Å². The van der Waals surface area contributed by atoms with Crippen molar-refractivity contribution in [2.45, 2.75) is 0 Å². The van der Waals surface area contributed by atoms with E-state index >= 15 is 0 Å². The maximum absolute atomic E-state index is 10.2. The predicted octanol–water partition coefficient (Wildman–Crippen LogP) is 5.15. The lowest BCUT2D eigenvalue weighted by atomic mass is 10.0. The molecule has 0 aliphatic rings. The lowest BCUT2D eigenvalue weighted by molar-refractivity contribution is 0.475. The van der Waals surface area contributed by atoms with Gasteiger partial charge in [-0.25, -0.2) is 0 Å². The molecule has 0 bridgehead atoms. The molecular formula is C21H15NO2. The summed E-state index contributed by atoms with van der Waals surface area (Å²) in [7, 11) is 0. The van der Waals surface area contributed by atoms with Crippen LogP contribution in [0.2, 0.25) is 0 Å². The number of nitrogens with zero attached hydrogens (tertiary/aromatic N) is 1. The van der Waals surface area contributed by atoms with Crippen molar-refractivity contribution in [1.82, 2.24) is 0 Å². The third kappa shape index (κ3) is 2.46. The molecule has 0 radical (unpaired) electrons. The second kappa shape index (κ2) is 5.70. The van der Waals surface area contributed by atoms with Crippen LogP contribution >= 0.6 is 0 Å². The standard InChI is InChI=1S/C21H15NO2/c23-20-10-9-14-5-3-4-8-17(14)18(20)13-22-19-11-15-6-1-2-7-16(15)12-21(19)24/h1-13,23-24H. The van der Waals surface area contributed by atoms with E-state index in [1.54, 1.807) is 18.3 Å². The Hall–Kier alpha value is -3.33. The first-order chi connectivity index (χ1) is 11.7. The van der Waals surface area contributed by atoms with Gasteiger partial charge in [0.15, 0.2) is 0 Å². The van der Waals surface area contributed by atoms with Crippen LogP contribution in [0.3, 0.4) is 0 Å². The molecule has 116 valence electrons. The average molecular weight is 313 g/mol. The zero-order valence-electron chi connectivity index (χ0n) is 12.8. The molecule has 0 saturated carbocycles. The summed E-state index contributed by atoms with van der Waals surface area (Å²) in [6.07, 6.45) is 1.60. The van der Waals surface area contributed by atoms with Gasteiger partial charge >= 0.3 is 0 Å². The van der Waals surface area contributed by atoms with Gasteiger partial charge in [0.05, 0.1) is 0 Å². The number of hydrogen-bond acceptors (Lipinski definition) is 3. The molecular weight excluding hydrogens is 298 g/mol. The van der Waals surface area contributed by atoms with Crippen molar-refractivity contribution in [3.05, 3.63) is 78.4 Å². The number of aliphatic imine (C=N–C) groups is 1. The molecule has 0 atom stereocenters. The summed E-state index contributed by atoms with van der Waals surface area (Å²) in [4.78, 5) is 4.40. The van der Waals surface area contributed by atoms with E-state index in [0.29, 0.717) is 11.3 Å². The summed E-state index contributed by atoms with van der Waals surface area (Å²) in [5, 5.41) is 24.3. The smallest absolute Gasteiger partial charge is 0.141 e. The van der Waals surface area contributed by atoms with Crippen LogP contribution in [0.5, 0.6) is 11.5 Å². The van der Waals surface area contributed by atoms with Crippen LogP contribution in [0.1, 0.15) is 5.56 Å². The monoisotopic (exact) mass is 313 g/mol. The fourth-order valence-electron chi connectivity index (χ4n) is 2.87. The van der Waals surface area contributed by atoms with E-state index < -0.39 is 0 Å². The molecule has 0 heterocycles. The summed E-state index contributed by atoms with van der Waals surface area (Å²) >= 11 is 0. The van der Waals surface area contributed by atoms with E-state index in [1.807, 2.05) is 60.7 Å². The minimum absolute atomic E-state index is 0.115. The first kappa shape index (κ1) is 14.3. The lowest BCUT2D eigenvalue weighted by Gasteiger charge is -2.06. The van der Waals surface area contributed by atoms with Gasteiger partial charge in [-0.05, 0) is 39.7 Å². The number of aromatic hydroxyl groups is 2. The number of fused-ring (bicyclic) bond motifs is 2. The van der Waals surface area contributed by atoms with Gasteiger partial charge in [0, 0.05) is 11.8 Å². The van der Waals surface area contributed by atoms with Crippen LogP contribution in [0.15, 0.2) is 77.8 Å². The molecule has 2 N–H and O–H groups in total. The highest BCUT2D eigenvalue weighted by Gasteiger charge is 2.06. The largest absolute Gasteiger partial charge is 0.507 e. The molecule has 3 heteroatoms. The highest BCUT2D eigenvalue weighted by Crippen LogP contribution is 2.32. The van der Waals surface area contributed by atoms with E-state index in [1.165, 1.54) is 0 Å². The first-order valence-corrected chi connectivity index (χ1v) is 7.69. The Morgan fingerprint density at radius 3 is 2.12 bits per heavy atom. The zero-order valence-corrected chi connectivity index (χ0v) is 12.8. The first-order valence-electron chi connectivity index (χ1n) is 7.69. The lowest BCUT2D eigenvalue weighted by Crippen LogP contribution is -1.86. The third-order valence-corrected chi connectivity index (χ3v) is 4.12. The predicted molar refractivity (Wildman–Crippen MR) is 98.5 cm³/mol. The van der Waals surface area contributed by atoms with Crippen LogP contribution < -0.4 is 0 Å². The number of phenolic OH excluding ortho intramolecular Hbond substituents is 2. The summed E-state index contributed by atoms with van der Waals surface area (Å²) in [5.74, 6) is 0.280. The number of rotatable bonds is 2. The minimum Gasteiger partial charge on any atom is -0.507 e. The molecule has 0 saturated heterocycles. The van der Waals surface area contributed by atoms with Crippen molar-refractivity contribution in [3.8, 4) is 11.5 Å². The second-order valence-corrected chi connectivity index (χ2v) is 5.67. The summed E-state index contributed by atoms with van der Waals surface area (Å²) in [6, 6.07) is 22.7. The number of benzene rings is 4. The zero-order chi connectivity index (χ0) is 16.5. The van der Waals surface area contributed by atoms with Gasteiger partial charge in [0.2, 0.25) is 0 Å². The van der Waals surface area contributed by atoms with E-state index in [-0.39, 0.29) is 11.5 Å². The second-order valence-electron chi connectivity index (χ2n) is 5.67. The fourth-order valence-corrected chi connectivity index (χ4v) is 2.87. The molecule has 3 nitrogen and oxygen atoms in total. The van der Waals surface area contributed by atoms with Gasteiger partial charge in [-0.1, -0.05) is 54.6 Å². The van der Waals surface area contributed by atoms with Crippen LogP contribution in [-0.2, 0) is 0 Å². The molecule has 0 aromatic heterocycles. The van der Waals surface area contributed by atoms with Gasteiger partial charge in [-0.3, -0.25) is 4.99 Å². The minimum atomic E-state index is 0.115. The van der Waals surface area contributed by atoms with Gasteiger partial charge in [-0.15, -0.1) is 0 Å². The SMILES string of the molecule is Oc1cc2ccccc2cc1N=Cc1c(O)ccc2ccccc12. The van der Waals surface area contributed by atoms with Crippen molar-refractivity contribution in [2.75, 3.05) is 0 Å². The van der Waals surface area contributed by atoms with Crippen LogP contribution in [-0.4, -0.2) is 16.4 Å². The third-order valence-electron chi connectivity index (χ3n) is 4.12. The Labute approximate surface area is 139 Å². The Balaban J connectivity index is 1.84. The molecule has 0 spiro atoms. The Bertz CT molecular complexity index is 1080. The van der Waals surface area contributed by atoms with Crippen molar-refractivity contribution in [3.63, 3.8) is 0 Å². The van der Waals surface area contributed by atoms with Crippen molar-refractivity contribution in [1.29, 1.82) is 0 Å². The normalized spacial score (nSPS) is 11.5. The average Bonchev–Trinajstić information content (AvgIpc) is 2.61. The van der Waals surface area contributed by atoms with Gasteiger partial charge in [0.1, 0.15) is 17.2 Å². The van der Waals surface area contributed by atoms with E-state index in [9.17, 15) is 10.2 Å². The number of hydrogen-bond donors (Lipinski definition) is 2. The summed E-state index contributed by atoms with van der Waals surface area (Å²) in [6.45, 7) is 0. The molecule has 0 aliphatic carbocycles. The van der Waals surface area contributed by atoms with E-state index in [4.69, 9.17) is 0 Å². The molecule has 24 heavy (non-hydrogen) atoms. The highest BCUT2D eigenvalue weighted by molar-refractivity contribution is 6.03. The van der Waals surface area contributed by atoms with E-state index in [2.05, 4.69) is 4.99 Å². The van der Waals surface area contributed by atoms with Crippen molar-refractivity contribution in [2.24, 2.45) is 4.99 Å². The Morgan fingerprint density at radius 1 is 0.667 bits per heavy atom. The van der Waals surface area contributed by atoms with Crippen molar-refractivity contribution < 1.29 is 10.2 Å².